The summed E-state index contributed by atoms with van der Waals surface area (Å²) < 4.78 is 3.02. The summed E-state index contributed by atoms with van der Waals surface area (Å²) in [7, 11) is 1.65. The lowest BCUT2D eigenvalue weighted by Crippen LogP contribution is -2.25. The van der Waals surface area contributed by atoms with Crippen LogP contribution in [0.25, 0.3) is 59.5 Å². The molecule has 0 unspecified atom stereocenters. The number of pyridine rings is 2. The molecule has 130 heavy (non-hydrogen) atoms. The Morgan fingerprint density at radius 3 is 1.31 bits per heavy atom. The van der Waals surface area contributed by atoms with E-state index in [1.54, 1.807) is 36.5 Å². The minimum absolute atomic E-state index is 0.00851. The lowest BCUT2D eigenvalue weighted by Gasteiger charge is -2.14. The van der Waals surface area contributed by atoms with Crippen LogP contribution in [-0.4, -0.2) is 75.7 Å². The van der Waals surface area contributed by atoms with Crippen LogP contribution in [0.1, 0.15) is 148 Å². The van der Waals surface area contributed by atoms with Gasteiger partial charge < -0.3 is 31.4 Å². The van der Waals surface area contributed by atoms with E-state index in [0.717, 1.165) is 231 Å². The highest BCUT2D eigenvalue weighted by atomic mass is 35.5. The van der Waals surface area contributed by atoms with E-state index in [4.69, 9.17) is 95.8 Å². The number of anilines is 6. The number of nitrogens with one attached hydrogen (secondary N) is 4. The van der Waals surface area contributed by atoms with Gasteiger partial charge in [0.05, 0.1) is 71.6 Å². The highest BCUT2D eigenvalue weighted by Crippen LogP contribution is 2.41. The zero-order valence-corrected chi connectivity index (χ0v) is 80.1. The monoisotopic (exact) mass is 1890 g/mol. The second-order valence-corrected chi connectivity index (χ2v) is 38.6. The second kappa shape index (κ2) is 44.3. The lowest BCUT2D eigenvalue weighted by atomic mass is 9.64. The van der Waals surface area contributed by atoms with Crippen molar-refractivity contribution in [2.75, 3.05) is 23.0 Å². The SMILES string of the molecule is C#Cc1ccc(Nc2cc(-c3ccc(Cl)s3)nc3c2CCC3)cc1.C#Cc1ccc(Nc2nc(-c3cccc(Cl)c3)nc(C)c2CC)cc1.CCc1c(C)nc(-c2ccc(Cl)s2)nc1Cc1ccc(B(C)O)cc1.CCc1c(C)nc(-c2ccc(Cl)s2)nc1Cc1ccc(C2=C(O)CCC2=O)cc1.CNC(=O)Cc1ccc(Nc2cc(-c3ccc(Cl)s3)nc3c2CCC3)cc1. The molecule has 3 aliphatic rings. The number of aliphatic hydroxyl groups excluding tert-OH is 1. The molecular formula is C104H94BCl5N12O4S4. The molecule has 0 aliphatic heterocycles. The van der Waals surface area contributed by atoms with Gasteiger partial charge in [0.15, 0.2) is 23.3 Å². The van der Waals surface area contributed by atoms with Crippen molar-refractivity contribution >= 4 is 167 Å². The number of carbonyl (C=O) groups is 2. The van der Waals surface area contributed by atoms with Crippen LogP contribution in [0.5, 0.6) is 0 Å². The van der Waals surface area contributed by atoms with E-state index >= 15 is 0 Å². The molecule has 18 rings (SSSR count). The lowest BCUT2D eigenvalue weighted by molar-refractivity contribution is -0.120. The predicted molar refractivity (Wildman–Crippen MR) is 543 cm³/mol. The van der Waals surface area contributed by atoms with Crippen LogP contribution < -0.4 is 26.7 Å². The van der Waals surface area contributed by atoms with E-state index in [0.29, 0.717) is 47.9 Å². The summed E-state index contributed by atoms with van der Waals surface area (Å²) in [4.78, 5) is 65.8. The van der Waals surface area contributed by atoms with Gasteiger partial charge in [0.1, 0.15) is 11.6 Å². The van der Waals surface area contributed by atoms with Gasteiger partial charge in [-0.3, -0.25) is 19.6 Å². The number of amides is 1. The molecule has 0 spiro atoms. The fourth-order valence-corrected chi connectivity index (χ4v) is 19.9. The number of terminal acetylenes is 2. The molecule has 656 valence electrons. The Kier molecular flexibility index (Phi) is 32.2. The van der Waals surface area contributed by atoms with Crippen LogP contribution in [0.4, 0.5) is 34.3 Å². The maximum atomic E-state index is 12.0. The number of halogens is 5. The van der Waals surface area contributed by atoms with E-state index in [-0.39, 0.29) is 17.4 Å². The number of carbonyl (C=O) groups excluding carboxylic acids is 2. The van der Waals surface area contributed by atoms with Crippen molar-refractivity contribution in [3.63, 3.8) is 0 Å². The highest BCUT2D eigenvalue weighted by Gasteiger charge is 2.27. The third kappa shape index (κ3) is 24.1. The third-order valence-corrected chi connectivity index (χ3v) is 27.6. The standard InChI is InChI=1S/C23H21ClN2O2S.C21H20ClN3OS.C21H18ClN3.C20H15ClN2S.C19H20BClN2OS/c1-3-16-13(2)25-23(20-10-11-21(24)29-20)26-17(16)12-14-4-6-15(7-5-14)22-18(27)8-9-19(22)28;1-23-21(26)11-13-5-7-14(8-6-13)24-17-12-18(19-9-10-20(22)27-19)25-16-4-2-3-15(16)17;1-4-15-9-11-18(12-10-15)24-21-19(5-2)14(3)23-20(25-21)16-7-6-8-17(22)13-16;1-2-13-6-8-14(9-7-13)22-17-12-18(19-10-11-20(21)24-19)23-16-5-3-4-15(16)17;1-4-15-12(2)22-19(17-9-10-18(21)25-17)23-16(15)11-13-5-7-14(8-6-13)20(3)24/h4-7,10-11,27H,3,8-9,12H2,1-2H3;5-10,12H,2-4,11H2,1H3,(H,23,26)(H,24,25);1,6-13H,5H2,2-3H3,(H,23,24,25);1,6-12H,3-5H2,(H,22,23);5-10,24H,4,11H2,1-3H3. The molecule has 0 bridgehead atoms. The van der Waals surface area contributed by atoms with Crippen LogP contribution in [0.15, 0.2) is 212 Å². The van der Waals surface area contributed by atoms with Crippen molar-refractivity contribution in [2.45, 2.75) is 138 Å². The van der Waals surface area contributed by atoms with E-state index in [1.807, 2.05) is 203 Å². The Bertz CT molecular complexity index is 6720. The van der Waals surface area contributed by atoms with Crippen LogP contribution in [0.3, 0.4) is 0 Å². The van der Waals surface area contributed by atoms with Gasteiger partial charge >= 0.3 is 6.92 Å². The second-order valence-electron chi connectivity index (χ2n) is 31.3. The van der Waals surface area contributed by atoms with Crippen molar-refractivity contribution in [2.24, 2.45) is 0 Å². The number of likely N-dealkylation sites (N-methyl/N-ethyl adjacent to an activating group) is 1. The number of ketones is 1. The maximum Gasteiger partial charge on any atom is 0.320 e. The number of nitrogens with zero attached hydrogens (tertiary/aromatic N) is 8. The molecule has 6 aromatic carbocycles. The molecule has 15 aromatic rings. The van der Waals surface area contributed by atoms with E-state index in [2.05, 4.69) is 93.1 Å². The molecule has 0 saturated heterocycles. The van der Waals surface area contributed by atoms with Crippen LogP contribution in [0.2, 0.25) is 29.2 Å². The van der Waals surface area contributed by atoms with E-state index in [9.17, 15) is 19.7 Å². The number of Topliss-reactive ketones (excluding diaryl/α,β-unsaturated/α-hetero) is 1. The molecule has 0 fully saturated rings. The average molecular weight is 1890 g/mol. The molecular weight excluding hydrogens is 1800 g/mol. The van der Waals surface area contributed by atoms with Crippen molar-refractivity contribution in [3.05, 3.63) is 335 Å². The molecule has 0 atom stereocenters. The van der Waals surface area contributed by atoms with Crippen molar-refractivity contribution < 1.29 is 19.7 Å². The molecule has 1 amide bonds. The number of thiophene rings is 4. The van der Waals surface area contributed by atoms with Crippen molar-refractivity contribution in [1.29, 1.82) is 0 Å². The number of allylic oxidation sites excluding steroid dienone is 2. The topological polar surface area (TPSA) is 226 Å². The van der Waals surface area contributed by atoms with Gasteiger partial charge in [-0.1, -0.05) is 170 Å². The number of hydrogen-bond donors (Lipinski definition) is 6. The summed E-state index contributed by atoms with van der Waals surface area (Å²) in [6.45, 7) is 13.7. The smallest absolute Gasteiger partial charge is 0.320 e. The number of fused-ring (bicyclic) bond motifs is 2. The predicted octanol–water partition coefficient (Wildman–Crippen LogP) is 26.1. The largest absolute Gasteiger partial charge is 0.512 e. The van der Waals surface area contributed by atoms with Gasteiger partial charge in [-0.15, -0.1) is 58.2 Å². The van der Waals surface area contributed by atoms with Crippen molar-refractivity contribution in [3.8, 4) is 78.6 Å². The Morgan fingerprint density at radius 1 is 0.462 bits per heavy atom. The zero-order valence-electron chi connectivity index (χ0n) is 73.1. The molecule has 6 N–H and O–H groups in total. The summed E-state index contributed by atoms with van der Waals surface area (Å²) in [5.74, 6) is 8.38. The van der Waals surface area contributed by atoms with Crippen LogP contribution in [-0.2, 0) is 73.8 Å². The number of hydrogen-bond acceptors (Lipinski definition) is 19. The summed E-state index contributed by atoms with van der Waals surface area (Å²) in [5.41, 5.74) is 28.7. The Labute approximate surface area is 800 Å². The minimum Gasteiger partial charge on any atom is -0.512 e. The van der Waals surface area contributed by atoms with Crippen LogP contribution >= 0.6 is 103 Å². The molecule has 0 radical (unpaired) electrons. The summed E-state index contributed by atoms with van der Waals surface area (Å²) in [5, 5.41) is 33.4. The van der Waals surface area contributed by atoms with Gasteiger partial charge in [0.2, 0.25) is 5.91 Å². The summed E-state index contributed by atoms with van der Waals surface area (Å²) in [6.07, 6.45) is 22.5. The first kappa shape index (κ1) is 94.5. The van der Waals surface area contributed by atoms with Gasteiger partial charge in [0.25, 0.3) is 0 Å². The van der Waals surface area contributed by atoms with Gasteiger partial charge in [0, 0.05) is 117 Å². The summed E-state index contributed by atoms with van der Waals surface area (Å²) >= 11 is 36.5. The number of aryl methyl sites for hydroxylation is 5. The zero-order chi connectivity index (χ0) is 91.6. The first-order valence-corrected chi connectivity index (χ1v) is 48.0. The molecule has 0 saturated carbocycles. The maximum absolute atomic E-state index is 12.0. The van der Waals surface area contributed by atoms with Gasteiger partial charge in [-0.05, 0) is 262 Å². The van der Waals surface area contributed by atoms with Crippen molar-refractivity contribution in [1.82, 2.24) is 45.2 Å². The quantitative estimate of drug-likeness (QED) is 0.0274. The van der Waals surface area contributed by atoms with E-state index in [1.165, 1.54) is 56.3 Å². The highest BCUT2D eigenvalue weighted by molar-refractivity contribution is 7.20. The fraction of sp³-hybridized carbons (Fsp3) is 0.212. The Morgan fingerprint density at radius 2 is 0.892 bits per heavy atom. The number of aromatic nitrogens is 8. The summed E-state index contributed by atoms with van der Waals surface area (Å²) in [6, 6.07) is 66.8. The Hall–Kier alpha value is -11.7. The molecule has 9 aromatic heterocycles. The first-order valence-electron chi connectivity index (χ1n) is 42.9. The minimum atomic E-state index is -0.447. The number of benzene rings is 6. The fourth-order valence-electron chi connectivity index (χ4n) is 15.7. The van der Waals surface area contributed by atoms with Gasteiger partial charge in [-0.2, -0.15) is 0 Å². The third-order valence-electron chi connectivity index (χ3n) is 22.4. The number of rotatable bonds is 22. The Balaban J connectivity index is 0.000000131. The number of aliphatic hydroxyl groups is 1. The van der Waals surface area contributed by atoms with Crippen LogP contribution in [0, 0.1) is 45.5 Å². The average Bonchev–Trinajstić information content (AvgIpc) is 1.59. The normalized spacial score (nSPS) is 12.2. The van der Waals surface area contributed by atoms with E-state index < -0.39 is 6.92 Å². The first-order chi connectivity index (χ1) is 62.9. The van der Waals surface area contributed by atoms with Gasteiger partial charge in [-0.25, -0.2) is 29.9 Å². The molecule has 3 aliphatic carbocycles. The molecule has 16 nitrogen and oxygen atoms in total. The molecule has 9 heterocycles. The molecule has 26 heteroatoms.